The Balaban J connectivity index is 1.39. The molecule has 1 aromatic heterocycles. The molecule has 208 valence electrons. The van der Waals surface area contributed by atoms with Gasteiger partial charge in [0.15, 0.2) is 17.3 Å². The summed E-state index contributed by atoms with van der Waals surface area (Å²) >= 11 is 5.97. The fourth-order valence-electron chi connectivity index (χ4n) is 5.03. The monoisotopic (exact) mass is 557 g/mol. The van der Waals surface area contributed by atoms with Gasteiger partial charge in [0.2, 0.25) is 0 Å². The van der Waals surface area contributed by atoms with Crippen molar-refractivity contribution in [3.8, 4) is 11.5 Å². The molecule has 2 N–H and O–H groups in total. The van der Waals surface area contributed by atoms with Crippen LogP contribution in [-0.2, 0) is 4.79 Å². The van der Waals surface area contributed by atoms with Gasteiger partial charge >= 0.3 is 0 Å². The van der Waals surface area contributed by atoms with Crippen LogP contribution in [-0.4, -0.2) is 82.3 Å². The van der Waals surface area contributed by atoms with E-state index in [1.54, 1.807) is 17.0 Å². The van der Waals surface area contributed by atoms with Crippen LogP contribution in [0.5, 0.6) is 11.5 Å². The highest BCUT2D eigenvalue weighted by Crippen LogP contribution is 2.37. The highest BCUT2D eigenvalue weighted by molar-refractivity contribution is 6.31. The third-order valence-corrected chi connectivity index (χ3v) is 7.47. The summed E-state index contributed by atoms with van der Waals surface area (Å²) in [5, 5.41) is 13.3. The molecule has 0 spiro atoms. The van der Waals surface area contributed by atoms with Crippen LogP contribution in [0.25, 0.3) is 10.9 Å². The summed E-state index contributed by atoms with van der Waals surface area (Å²) in [4.78, 5) is 25.0. The van der Waals surface area contributed by atoms with Gasteiger partial charge in [0.1, 0.15) is 31.0 Å². The molecule has 1 amide bonds. The lowest BCUT2D eigenvalue weighted by Gasteiger charge is -2.33. The minimum absolute atomic E-state index is 0.0150. The Morgan fingerprint density at radius 3 is 2.69 bits per heavy atom. The zero-order chi connectivity index (χ0) is 27.4. The quantitative estimate of drug-likeness (QED) is 0.399. The molecular weight excluding hydrogens is 525 g/mol. The fraction of sp³-hybridized carbons (Fsp3) is 0.464. The topological polar surface area (TPSA) is 100 Å². The molecule has 2 aromatic carbocycles. The lowest BCUT2D eigenvalue weighted by atomic mass is 10.1. The molecule has 3 aromatic rings. The largest absolute Gasteiger partial charge is 0.488 e. The zero-order valence-corrected chi connectivity index (χ0v) is 22.7. The maximum Gasteiger partial charge on any atom is 0.251 e. The average Bonchev–Trinajstić information content (AvgIpc) is 3.45. The molecule has 2 aliphatic heterocycles. The smallest absolute Gasteiger partial charge is 0.251 e. The van der Waals surface area contributed by atoms with Gasteiger partial charge in [-0.05, 0) is 51.1 Å². The number of benzene rings is 2. The van der Waals surface area contributed by atoms with Gasteiger partial charge in [-0.15, -0.1) is 0 Å². The second kappa shape index (κ2) is 12.3. The number of halogens is 2. The SMILES string of the molecule is C[C@H](O)C(=O)N1CCC(Oc2cc3ncnc(Nc4cccc(Cl)c4F)c3cc2OCCN2CCCC2)CC1. The molecule has 1 atom stereocenters. The number of ether oxygens (including phenoxy) is 2. The highest BCUT2D eigenvalue weighted by Gasteiger charge is 2.27. The van der Waals surface area contributed by atoms with E-state index in [1.165, 1.54) is 32.2 Å². The standard InChI is InChI=1S/C28H33ClFN5O4/c1-18(36)28(37)35-11-7-19(8-12-35)39-25-16-23-20(15-24(25)38-14-13-34-9-2-3-10-34)27(32-17-31-23)33-22-6-4-5-21(29)26(22)30/h4-6,15-19,36H,2-3,7-14H2,1H3,(H,31,32,33)/t18-/m0/s1. The third kappa shape index (κ3) is 6.51. The number of piperidine rings is 1. The number of aliphatic hydroxyl groups excluding tert-OH is 1. The molecular formula is C28H33ClFN5O4. The van der Waals surface area contributed by atoms with E-state index in [9.17, 15) is 14.3 Å². The number of fused-ring (bicyclic) bond motifs is 1. The van der Waals surface area contributed by atoms with Crippen LogP contribution in [0.4, 0.5) is 15.9 Å². The second-order valence-electron chi connectivity index (χ2n) is 9.98. The predicted octanol–water partition coefficient (Wildman–Crippen LogP) is 4.39. The Morgan fingerprint density at radius 1 is 1.18 bits per heavy atom. The van der Waals surface area contributed by atoms with Crippen LogP contribution in [0.15, 0.2) is 36.7 Å². The second-order valence-corrected chi connectivity index (χ2v) is 10.4. The van der Waals surface area contributed by atoms with Crippen molar-refractivity contribution in [3.63, 3.8) is 0 Å². The van der Waals surface area contributed by atoms with Gasteiger partial charge in [0.25, 0.3) is 5.91 Å². The molecule has 3 heterocycles. The number of nitrogens with zero attached hydrogens (tertiary/aromatic N) is 4. The van der Waals surface area contributed by atoms with Crippen molar-refractivity contribution < 1.29 is 23.8 Å². The zero-order valence-electron chi connectivity index (χ0n) is 21.9. The van der Waals surface area contributed by atoms with Gasteiger partial charge in [-0.3, -0.25) is 9.69 Å². The van der Waals surface area contributed by atoms with Gasteiger partial charge < -0.3 is 24.8 Å². The van der Waals surface area contributed by atoms with Crippen LogP contribution >= 0.6 is 11.6 Å². The minimum atomic E-state index is -1.01. The van der Waals surface area contributed by atoms with Crippen LogP contribution in [0.1, 0.15) is 32.6 Å². The first-order valence-electron chi connectivity index (χ1n) is 13.4. The summed E-state index contributed by atoms with van der Waals surface area (Å²) in [6, 6.07) is 8.38. The Hall–Kier alpha value is -3.21. The van der Waals surface area contributed by atoms with E-state index in [1.807, 2.05) is 12.1 Å². The normalized spacial score (nSPS) is 17.4. The molecule has 9 nitrogen and oxygen atoms in total. The average molecular weight is 558 g/mol. The number of carbonyl (C=O) groups is 1. The van der Waals surface area contributed by atoms with Gasteiger partial charge in [-0.25, -0.2) is 14.4 Å². The van der Waals surface area contributed by atoms with Crippen molar-refractivity contribution in [1.29, 1.82) is 0 Å². The maximum atomic E-state index is 14.6. The maximum absolute atomic E-state index is 14.6. The first kappa shape index (κ1) is 27.4. The summed E-state index contributed by atoms with van der Waals surface area (Å²) < 4.78 is 27.2. The van der Waals surface area contributed by atoms with Crippen molar-refractivity contribution in [3.05, 3.63) is 47.5 Å². The molecule has 39 heavy (non-hydrogen) atoms. The van der Waals surface area contributed by atoms with Crippen LogP contribution in [0, 0.1) is 5.82 Å². The Bertz CT molecular complexity index is 1310. The van der Waals surface area contributed by atoms with Crippen LogP contribution < -0.4 is 14.8 Å². The number of amides is 1. The summed E-state index contributed by atoms with van der Waals surface area (Å²) in [7, 11) is 0. The molecule has 0 aliphatic carbocycles. The number of rotatable bonds is 9. The lowest BCUT2D eigenvalue weighted by molar-refractivity contribution is -0.141. The number of aliphatic hydroxyl groups is 1. The molecule has 0 bridgehead atoms. The summed E-state index contributed by atoms with van der Waals surface area (Å²) in [5.41, 5.74) is 0.816. The number of hydrogen-bond donors (Lipinski definition) is 2. The number of nitrogens with one attached hydrogen (secondary N) is 1. The van der Waals surface area contributed by atoms with Crippen molar-refractivity contribution in [2.45, 2.75) is 44.8 Å². The van der Waals surface area contributed by atoms with E-state index in [2.05, 4.69) is 20.2 Å². The van der Waals surface area contributed by atoms with Crippen molar-refractivity contribution in [2.75, 3.05) is 44.6 Å². The molecule has 0 unspecified atom stereocenters. The van der Waals surface area contributed by atoms with Gasteiger partial charge in [0, 0.05) is 43.9 Å². The number of hydrogen-bond acceptors (Lipinski definition) is 8. The van der Waals surface area contributed by atoms with Gasteiger partial charge in [-0.2, -0.15) is 0 Å². The minimum Gasteiger partial charge on any atom is -0.488 e. The Morgan fingerprint density at radius 2 is 1.95 bits per heavy atom. The summed E-state index contributed by atoms with van der Waals surface area (Å²) in [6.07, 6.45) is 3.94. The molecule has 2 aliphatic rings. The van der Waals surface area contributed by atoms with Crippen molar-refractivity contribution >= 4 is 39.9 Å². The van der Waals surface area contributed by atoms with Crippen LogP contribution in [0.3, 0.4) is 0 Å². The number of anilines is 2. The van der Waals surface area contributed by atoms with E-state index in [-0.39, 0.29) is 22.7 Å². The molecule has 5 rings (SSSR count). The lowest BCUT2D eigenvalue weighted by Crippen LogP contribution is -2.45. The van der Waals surface area contributed by atoms with Crippen LogP contribution in [0.2, 0.25) is 5.02 Å². The predicted molar refractivity (Wildman–Crippen MR) is 147 cm³/mol. The number of aromatic nitrogens is 2. The van der Waals surface area contributed by atoms with E-state index in [4.69, 9.17) is 21.1 Å². The summed E-state index contributed by atoms with van der Waals surface area (Å²) in [5.74, 6) is 0.699. The first-order valence-corrected chi connectivity index (χ1v) is 13.8. The van der Waals surface area contributed by atoms with E-state index >= 15 is 0 Å². The van der Waals surface area contributed by atoms with Gasteiger partial charge in [-0.1, -0.05) is 17.7 Å². The first-order chi connectivity index (χ1) is 18.9. The number of carbonyl (C=O) groups excluding carboxylic acids is 1. The van der Waals surface area contributed by atoms with E-state index in [0.29, 0.717) is 60.8 Å². The van der Waals surface area contributed by atoms with E-state index in [0.717, 1.165) is 19.6 Å². The fourth-order valence-corrected chi connectivity index (χ4v) is 5.20. The summed E-state index contributed by atoms with van der Waals surface area (Å²) in [6.45, 7) is 5.94. The van der Waals surface area contributed by atoms with E-state index < -0.39 is 11.9 Å². The molecule has 0 radical (unpaired) electrons. The van der Waals surface area contributed by atoms with Crippen molar-refractivity contribution in [2.24, 2.45) is 0 Å². The third-order valence-electron chi connectivity index (χ3n) is 7.17. The molecule has 2 fully saturated rings. The molecule has 11 heteroatoms. The molecule has 0 saturated carbocycles. The Labute approximate surface area is 231 Å². The van der Waals surface area contributed by atoms with Gasteiger partial charge in [0.05, 0.1) is 16.2 Å². The highest BCUT2D eigenvalue weighted by atomic mass is 35.5. The molecule has 2 saturated heterocycles. The Kier molecular flexibility index (Phi) is 8.64. The van der Waals surface area contributed by atoms with Crippen molar-refractivity contribution in [1.82, 2.24) is 19.8 Å². The number of likely N-dealkylation sites (tertiary alicyclic amines) is 2.